The second kappa shape index (κ2) is 2.89. The van der Waals surface area contributed by atoms with Gasteiger partial charge in [-0.2, -0.15) is 0 Å². The third-order valence-electron chi connectivity index (χ3n) is 3.05. The molecular formula is C11H10N2O2. The summed E-state index contributed by atoms with van der Waals surface area (Å²) in [6.45, 7) is 0.396. The lowest BCUT2D eigenvalue weighted by molar-refractivity contribution is -0.142. The van der Waals surface area contributed by atoms with E-state index in [1.54, 1.807) is 12.4 Å². The Morgan fingerprint density at radius 2 is 1.80 bits per heavy atom. The summed E-state index contributed by atoms with van der Waals surface area (Å²) >= 11 is 0. The number of amides is 2. The van der Waals surface area contributed by atoms with E-state index in [-0.39, 0.29) is 23.7 Å². The molecule has 1 aromatic heterocycles. The molecule has 1 saturated heterocycles. The molecule has 2 unspecified atom stereocenters. The first-order chi connectivity index (χ1) is 7.27. The highest BCUT2D eigenvalue weighted by Gasteiger charge is 2.58. The number of pyridine rings is 1. The summed E-state index contributed by atoms with van der Waals surface area (Å²) in [4.78, 5) is 28.6. The first-order valence-corrected chi connectivity index (χ1v) is 5.01. The number of nitrogens with zero attached hydrogens (tertiary/aromatic N) is 2. The van der Waals surface area contributed by atoms with E-state index in [0.29, 0.717) is 6.54 Å². The number of hydrogen-bond donors (Lipinski definition) is 0. The fourth-order valence-electron chi connectivity index (χ4n) is 2.08. The van der Waals surface area contributed by atoms with Crippen molar-refractivity contribution in [3.8, 4) is 0 Å². The Balaban J connectivity index is 1.79. The van der Waals surface area contributed by atoms with E-state index in [9.17, 15) is 9.59 Å². The molecule has 3 rings (SSSR count). The van der Waals surface area contributed by atoms with E-state index in [0.717, 1.165) is 12.0 Å². The lowest BCUT2D eigenvalue weighted by atomic mass is 10.2. The predicted octanol–water partition coefficient (Wildman–Crippen LogP) is 0.587. The molecule has 76 valence electrons. The smallest absolute Gasteiger partial charge is 0.233 e. The molecule has 2 aliphatic rings. The highest BCUT2D eigenvalue weighted by molar-refractivity contribution is 6.08. The van der Waals surface area contributed by atoms with E-state index in [1.165, 1.54) is 4.90 Å². The highest BCUT2D eigenvalue weighted by Crippen LogP contribution is 2.47. The number of aromatic nitrogens is 1. The number of likely N-dealkylation sites (tertiary alicyclic amines) is 1. The maximum atomic E-state index is 11.7. The van der Waals surface area contributed by atoms with E-state index >= 15 is 0 Å². The second-order valence-corrected chi connectivity index (χ2v) is 4.07. The van der Waals surface area contributed by atoms with E-state index < -0.39 is 0 Å². The molecule has 1 aliphatic carbocycles. The first kappa shape index (κ1) is 8.59. The Labute approximate surface area is 86.9 Å². The number of hydrogen-bond acceptors (Lipinski definition) is 3. The standard InChI is InChI=1S/C11H10N2O2/c14-10-8-5-9(8)11(15)13(10)6-7-1-3-12-4-2-7/h1-4,8-9H,5-6H2. The summed E-state index contributed by atoms with van der Waals surface area (Å²) in [6.07, 6.45) is 4.10. The Kier molecular flexibility index (Phi) is 1.65. The Bertz CT molecular complexity index is 409. The maximum Gasteiger partial charge on any atom is 0.233 e. The molecule has 2 atom stereocenters. The average molecular weight is 202 g/mol. The molecule has 0 N–H and O–H groups in total. The molecule has 1 aliphatic heterocycles. The van der Waals surface area contributed by atoms with E-state index in [2.05, 4.69) is 4.98 Å². The molecule has 0 spiro atoms. The molecule has 2 fully saturated rings. The lowest BCUT2D eigenvalue weighted by Crippen LogP contribution is -2.32. The number of fused-ring (bicyclic) bond motifs is 1. The predicted molar refractivity (Wildman–Crippen MR) is 51.4 cm³/mol. The Hall–Kier alpha value is -1.71. The van der Waals surface area contributed by atoms with Crippen molar-refractivity contribution >= 4 is 11.8 Å². The SMILES string of the molecule is O=C1C2CC2C(=O)N1Cc1ccncc1. The van der Waals surface area contributed by atoms with Crippen LogP contribution in [-0.2, 0) is 16.1 Å². The summed E-state index contributed by atoms with van der Waals surface area (Å²) in [5.74, 6) is 0.00213. The molecule has 2 amide bonds. The number of carbonyl (C=O) groups excluding carboxylic acids is 2. The molecule has 4 nitrogen and oxygen atoms in total. The van der Waals surface area contributed by atoms with Gasteiger partial charge in [-0.15, -0.1) is 0 Å². The third-order valence-corrected chi connectivity index (χ3v) is 3.05. The quantitative estimate of drug-likeness (QED) is 0.659. The van der Waals surface area contributed by atoms with Gasteiger partial charge in [0.05, 0.1) is 18.4 Å². The van der Waals surface area contributed by atoms with Gasteiger partial charge in [-0.05, 0) is 24.1 Å². The zero-order chi connectivity index (χ0) is 10.4. The fourth-order valence-corrected chi connectivity index (χ4v) is 2.08. The van der Waals surface area contributed by atoms with Gasteiger partial charge < -0.3 is 0 Å². The molecule has 15 heavy (non-hydrogen) atoms. The van der Waals surface area contributed by atoms with Gasteiger partial charge in [0.15, 0.2) is 0 Å². The Morgan fingerprint density at radius 3 is 2.40 bits per heavy atom. The van der Waals surface area contributed by atoms with Crippen molar-refractivity contribution in [2.75, 3.05) is 0 Å². The van der Waals surface area contributed by atoms with Crippen molar-refractivity contribution in [3.63, 3.8) is 0 Å². The van der Waals surface area contributed by atoms with E-state index in [1.807, 2.05) is 12.1 Å². The first-order valence-electron chi connectivity index (χ1n) is 5.01. The molecule has 1 saturated carbocycles. The van der Waals surface area contributed by atoms with Crippen molar-refractivity contribution in [3.05, 3.63) is 30.1 Å². The molecule has 0 aromatic carbocycles. The highest BCUT2D eigenvalue weighted by atomic mass is 16.2. The van der Waals surface area contributed by atoms with Crippen molar-refractivity contribution in [1.29, 1.82) is 0 Å². The van der Waals surface area contributed by atoms with Gasteiger partial charge in [0, 0.05) is 12.4 Å². The van der Waals surface area contributed by atoms with Crippen LogP contribution >= 0.6 is 0 Å². The van der Waals surface area contributed by atoms with Crippen LogP contribution in [0.15, 0.2) is 24.5 Å². The summed E-state index contributed by atoms with van der Waals surface area (Å²) in [6, 6.07) is 3.65. The zero-order valence-electron chi connectivity index (χ0n) is 8.09. The van der Waals surface area contributed by atoms with Crippen LogP contribution in [0.5, 0.6) is 0 Å². The summed E-state index contributed by atoms with van der Waals surface area (Å²) in [5, 5.41) is 0. The van der Waals surface area contributed by atoms with Crippen LogP contribution in [0.4, 0.5) is 0 Å². The van der Waals surface area contributed by atoms with Crippen molar-refractivity contribution in [2.45, 2.75) is 13.0 Å². The normalized spacial score (nSPS) is 28.1. The van der Waals surface area contributed by atoms with Crippen LogP contribution < -0.4 is 0 Å². The molecular weight excluding hydrogens is 192 g/mol. The van der Waals surface area contributed by atoms with Gasteiger partial charge in [0.25, 0.3) is 0 Å². The molecule has 0 bridgehead atoms. The summed E-state index contributed by atoms with van der Waals surface area (Å²) in [5.41, 5.74) is 0.952. The minimum absolute atomic E-state index is 0.000614. The van der Waals surface area contributed by atoms with Gasteiger partial charge in [0.2, 0.25) is 11.8 Å². The van der Waals surface area contributed by atoms with Crippen LogP contribution in [0.2, 0.25) is 0 Å². The van der Waals surface area contributed by atoms with Crippen LogP contribution in [0.25, 0.3) is 0 Å². The van der Waals surface area contributed by atoms with Crippen molar-refractivity contribution < 1.29 is 9.59 Å². The maximum absolute atomic E-state index is 11.7. The van der Waals surface area contributed by atoms with E-state index in [4.69, 9.17) is 0 Å². The Morgan fingerprint density at radius 1 is 1.20 bits per heavy atom. The van der Waals surface area contributed by atoms with Crippen molar-refractivity contribution in [2.24, 2.45) is 11.8 Å². The summed E-state index contributed by atoms with van der Waals surface area (Å²) < 4.78 is 0. The minimum atomic E-state index is -0.000614. The van der Waals surface area contributed by atoms with Gasteiger partial charge in [0.1, 0.15) is 0 Å². The number of imide groups is 1. The van der Waals surface area contributed by atoms with Gasteiger partial charge in [-0.3, -0.25) is 19.5 Å². The topological polar surface area (TPSA) is 50.3 Å². The molecule has 4 heteroatoms. The molecule has 1 aromatic rings. The zero-order valence-corrected chi connectivity index (χ0v) is 8.09. The minimum Gasteiger partial charge on any atom is -0.278 e. The van der Waals surface area contributed by atoms with Crippen LogP contribution in [-0.4, -0.2) is 21.7 Å². The van der Waals surface area contributed by atoms with Gasteiger partial charge in [-0.25, -0.2) is 0 Å². The molecule has 0 radical (unpaired) electrons. The number of rotatable bonds is 2. The monoisotopic (exact) mass is 202 g/mol. The fraction of sp³-hybridized carbons (Fsp3) is 0.364. The lowest BCUT2D eigenvalue weighted by Gasteiger charge is -2.15. The summed E-state index contributed by atoms with van der Waals surface area (Å²) in [7, 11) is 0. The van der Waals surface area contributed by atoms with Gasteiger partial charge >= 0.3 is 0 Å². The van der Waals surface area contributed by atoms with Crippen LogP contribution in [0, 0.1) is 11.8 Å². The third kappa shape index (κ3) is 1.25. The molecule has 2 heterocycles. The van der Waals surface area contributed by atoms with Crippen LogP contribution in [0.3, 0.4) is 0 Å². The van der Waals surface area contributed by atoms with Crippen LogP contribution in [0.1, 0.15) is 12.0 Å². The van der Waals surface area contributed by atoms with Crippen molar-refractivity contribution in [1.82, 2.24) is 9.88 Å². The average Bonchev–Trinajstić information content (AvgIpc) is 3.01. The second-order valence-electron chi connectivity index (χ2n) is 4.07. The number of piperidine rings is 1. The number of carbonyl (C=O) groups is 2. The van der Waals surface area contributed by atoms with Gasteiger partial charge in [-0.1, -0.05) is 0 Å². The largest absolute Gasteiger partial charge is 0.278 e.